The fourth-order valence-corrected chi connectivity index (χ4v) is 5.24. The summed E-state index contributed by atoms with van der Waals surface area (Å²) in [5.74, 6) is 0.296. The molecule has 0 unspecified atom stereocenters. The predicted molar refractivity (Wildman–Crippen MR) is 102 cm³/mol. The van der Waals surface area contributed by atoms with Gasteiger partial charge in [-0.25, -0.2) is 0 Å². The van der Waals surface area contributed by atoms with Crippen LogP contribution in [0.5, 0.6) is 0 Å². The van der Waals surface area contributed by atoms with E-state index in [0.29, 0.717) is 10.8 Å². The van der Waals surface area contributed by atoms with Crippen molar-refractivity contribution in [3.05, 3.63) is 64.7 Å². The number of aromatic nitrogens is 1. The van der Waals surface area contributed by atoms with Crippen molar-refractivity contribution in [2.75, 3.05) is 12.9 Å². The standard InChI is InChI=1S/C20H18ClNO2S/c1-22-16-6-4-3-5-14(16)18-17(12-7-9-13(21)10-8-12)15(20(23)24-2)11-25-19(18)22/h3-10,15,17H,11H2,1-2H3/t15-,17-/m1/s1. The van der Waals surface area contributed by atoms with E-state index in [-0.39, 0.29) is 17.8 Å². The molecular formula is C20H18ClNO2S. The van der Waals surface area contributed by atoms with Crippen molar-refractivity contribution >= 4 is 40.2 Å². The summed E-state index contributed by atoms with van der Waals surface area (Å²) >= 11 is 7.81. The molecule has 1 aromatic heterocycles. The zero-order valence-electron chi connectivity index (χ0n) is 14.0. The first-order valence-corrected chi connectivity index (χ1v) is 9.51. The Morgan fingerprint density at radius 3 is 2.64 bits per heavy atom. The van der Waals surface area contributed by atoms with E-state index in [1.165, 1.54) is 28.6 Å². The number of hydrogen-bond donors (Lipinski definition) is 0. The van der Waals surface area contributed by atoms with Gasteiger partial charge >= 0.3 is 5.97 Å². The van der Waals surface area contributed by atoms with Gasteiger partial charge in [0.05, 0.1) is 18.1 Å². The number of hydrogen-bond acceptors (Lipinski definition) is 3. The van der Waals surface area contributed by atoms with E-state index in [1.807, 2.05) is 36.4 Å². The smallest absolute Gasteiger partial charge is 0.310 e. The molecule has 128 valence electrons. The highest BCUT2D eigenvalue weighted by Gasteiger charge is 2.39. The Labute approximate surface area is 155 Å². The number of para-hydroxylation sites is 1. The average Bonchev–Trinajstić information content (AvgIpc) is 2.94. The summed E-state index contributed by atoms with van der Waals surface area (Å²) in [5.41, 5.74) is 3.49. The lowest BCUT2D eigenvalue weighted by Gasteiger charge is -2.31. The summed E-state index contributed by atoms with van der Waals surface area (Å²) in [4.78, 5) is 12.5. The first-order valence-electron chi connectivity index (χ1n) is 8.15. The molecule has 3 nitrogen and oxygen atoms in total. The normalized spacial score (nSPS) is 19.6. The summed E-state index contributed by atoms with van der Waals surface area (Å²) < 4.78 is 7.34. The number of rotatable bonds is 2. The van der Waals surface area contributed by atoms with Gasteiger partial charge in [0.1, 0.15) is 0 Å². The minimum absolute atomic E-state index is 0.0351. The molecule has 0 saturated heterocycles. The third-order valence-corrected chi connectivity index (χ3v) is 6.48. The Bertz CT molecular complexity index is 948. The number of carbonyl (C=O) groups excluding carboxylic acids is 1. The molecule has 0 radical (unpaired) electrons. The van der Waals surface area contributed by atoms with Gasteiger partial charge in [0.15, 0.2) is 0 Å². The van der Waals surface area contributed by atoms with Gasteiger partial charge in [0, 0.05) is 40.2 Å². The molecular weight excluding hydrogens is 354 g/mol. The molecule has 0 saturated carbocycles. The minimum atomic E-state index is -0.213. The largest absolute Gasteiger partial charge is 0.469 e. The highest BCUT2D eigenvalue weighted by atomic mass is 35.5. The summed E-state index contributed by atoms with van der Waals surface area (Å²) in [5, 5.41) is 3.11. The maximum Gasteiger partial charge on any atom is 0.310 e. The van der Waals surface area contributed by atoms with Crippen LogP contribution >= 0.6 is 23.4 Å². The fourth-order valence-electron chi connectivity index (χ4n) is 3.77. The number of fused-ring (bicyclic) bond motifs is 3. The van der Waals surface area contributed by atoms with Crippen molar-refractivity contribution in [1.82, 2.24) is 4.57 Å². The Morgan fingerprint density at radius 2 is 1.92 bits per heavy atom. The number of ether oxygens (including phenoxy) is 1. The zero-order chi connectivity index (χ0) is 17.6. The number of esters is 1. The molecule has 5 heteroatoms. The third-order valence-electron chi connectivity index (χ3n) is 4.94. The summed E-state index contributed by atoms with van der Waals surface area (Å²) in [7, 11) is 3.55. The molecule has 1 aliphatic heterocycles. The van der Waals surface area contributed by atoms with E-state index in [9.17, 15) is 4.79 Å². The summed E-state index contributed by atoms with van der Waals surface area (Å²) in [6.45, 7) is 0. The molecule has 2 aromatic carbocycles. The topological polar surface area (TPSA) is 31.2 Å². The average molecular weight is 372 g/mol. The van der Waals surface area contributed by atoms with Gasteiger partial charge in [-0.2, -0.15) is 0 Å². The van der Waals surface area contributed by atoms with Crippen LogP contribution in [0.2, 0.25) is 5.02 Å². The van der Waals surface area contributed by atoms with Gasteiger partial charge in [0.25, 0.3) is 0 Å². The van der Waals surface area contributed by atoms with E-state index >= 15 is 0 Å². The van der Waals surface area contributed by atoms with Crippen molar-refractivity contribution in [3.8, 4) is 0 Å². The van der Waals surface area contributed by atoms with E-state index in [1.54, 1.807) is 11.8 Å². The maximum atomic E-state index is 12.5. The summed E-state index contributed by atoms with van der Waals surface area (Å²) in [6.07, 6.45) is 0. The number of carbonyl (C=O) groups is 1. The lowest BCUT2D eigenvalue weighted by atomic mass is 9.81. The van der Waals surface area contributed by atoms with Gasteiger partial charge < -0.3 is 9.30 Å². The third kappa shape index (κ3) is 2.64. The molecule has 2 heterocycles. The number of halogens is 1. The number of aryl methyl sites for hydroxylation is 1. The fraction of sp³-hybridized carbons (Fsp3) is 0.250. The Morgan fingerprint density at radius 1 is 1.20 bits per heavy atom. The Balaban J connectivity index is 1.98. The molecule has 0 fully saturated rings. The van der Waals surface area contributed by atoms with E-state index in [2.05, 4.69) is 23.7 Å². The zero-order valence-corrected chi connectivity index (χ0v) is 15.6. The minimum Gasteiger partial charge on any atom is -0.469 e. The van der Waals surface area contributed by atoms with Gasteiger partial charge in [0.2, 0.25) is 0 Å². The van der Waals surface area contributed by atoms with Gasteiger partial charge in [-0.05, 0) is 23.8 Å². The number of methoxy groups -OCH3 is 1. The highest BCUT2D eigenvalue weighted by Crippen LogP contribution is 2.49. The molecule has 0 bridgehead atoms. The van der Waals surface area contributed by atoms with E-state index in [4.69, 9.17) is 16.3 Å². The van der Waals surface area contributed by atoms with Crippen LogP contribution in [0.1, 0.15) is 17.0 Å². The lowest BCUT2D eigenvalue weighted by molar-refractivity contribution is -0.145. The van der Waals surface area contributed by atoms with Crippen LogP contribution < -0.4 is 0 Å². The van der Waals surface area contributed by atoms with Crippen molar-refractivity contribution in [2.24, 2.45) is 13.0 Å². The van der Waals surface area contributed by atoms with Crippen molar-refractivity contribution in [1.29, 1.82) is 0 Å². The molecule has 25 heavy (non-hydrogen) atoms. The second kappa shape index (κ2) is 6.43. The molecule has 2 atom stereocenters. The quantitative estimate of drug-likeness (QED) is 0.603. The van der Waals surface area contributed by atoms with Crippen LogP contribution in [0, 0.1) is 5.92 Å². The molecule has 0 aliphatic carbocycles. The predicted octanol–water partition coefficient (Wildman–Crippen LogP) is 4.86. The second-order valence-electron chi connectivity index (χ2n) is 6.26. The first kappa shape index (κ1) is 16.6. The summed E-state index contributed by atoms with van der Waals surface area (Å²) in [6, 6.07) is 16.2. The van der Waals surface area contributed by atoms with Gasteiger partial charge in [-0.15, -0.1) is 11.8 Å². The molecule has 1 aliphatic rings. The van der Waals surface area contributed by atoms with Crippen molar-refractivity contribution in [2.45, 2.75) is 10.9 Å². The SMILES string of the molecule is COC(=O)[C@@H]1CSc2c(c3ccccc3n2C)[C@@H]1c1ccc(Cl)cc1. The van der Waals surface area contributed by atoms with Crippen LogP contribution in [0.4, 0.5) is 0 Å². The van der Waals surface area contributed by atoms with Crippen LogP contribution in [-0.4, -0.2) is 23.4 Å². The Hall–Kier alpha value is -1.91. The maximum absolute atomic E-state index is 12.5. The number of benzene rings is 2. The first-order chi connectivity index (χ1) is 12.1. The molecule has 4 rings (SSSR count). The van der Waals surface area contributed by atoms with Crippen LogP contribution in [-0.2, 0) is 16.6 Å². The van der Waals surface area contributed by atoms with E-state index in [0.717, 1.165) is 5.56 Å². The molecule has 0 N–H and O–H groups in total. The Kier molecular flexibility index (Phi) is 4.26. The van der Waals surface area contributed by atoms with Crippen LogP contribution in [0.15, 0.2) is 53.6 Å². The second-order valence-corrected chi connectivity index (χ2v) is 7.71. The molecule has 3 aromatic rings. The number of thioether (sulfide) groups is 1. The van der Waals surface area contributed by atoms with E-state index < -0.39 is 0 Å². The van der Waals surface area contributed by atoms with Gasteiger partial charge in [-0.1, -0.05) is 41.9 Å². The van der Waals surface area contributed by atoms with Crippen molar-refractivity contribution < 1.29 is 9.53 Å². The monoisotopic (exact) mass is 371 g/mol. The van der Waals surface area contributed by atoms with Crippen molar-refractivity contribution in [3.63, 3.8) is 0 Å². The highest BCUT2D eigenvalue weighted by molar-refractivity contribution is 7.99. The van der Waals surface area contributed by atoms with Gasteiger partial charge in [-0.3, -0.25) is 4.79 Å². The lowest BCUT2D eigenvalue weighted by Crippen LogP contribution is -2.29. The molecule has 0 amide bonds. The number of nitrogens with zero attached hydrogens (tertiary/aromatic N) is 1. The van der Waals surface area contributed by atoms with Crippen LogP contribution in [0.3, 0.4) is 0 Å². The van der Waals surface area contributed by atoms with Crippen LogP contribution in [0.25, 0.3) is 10.9 Å². The molecule has 0 spiro atoms.